The predicted octanol–water partition coefficient (Wildman–Crippen LogP) is 7.99. The highest BCUT2D eigenvalue weighted by Gasteiger charge is 2.37. The lowest BCUT2D eigenvalue weighted by molar-refractivity contribution is -0.139. The van der Waals surface area contributed by atoms with Crippen LogP contribution < -0.4 is 24.8 Å². The van der Waals surface area contributed by atoms with E-state index in [4.69, 9.17) is 30.8 Å². The molecule has 0 saturated carbocycles. The number of benzene rings is 3. The molecule has 1 amide bonds. The van der Waals surface area contributed by atoms with Crippen LogP contribution in [0.25, 0.3) is 22.4 Å². The number of alkyl halides is 3. The number of halogens is 4. The van der Waals surface area contributed by atoms with Crippen molar-refractivity contribution in [1.82, 2.24) is 20.5 Å². The molecule has 12 heteroatoms. The van der Waals surface area contributed by atoms with Crippen LogP contribution in [0.5, 0.6) is 17.4 Å². The lowest BCUT2D eigenvalue weighted by Crippen LogP contribution is -2.35. The van der Waals surface area contributed by atoms with Gasteiger partial charge in [0, 0.05) is 60.4 Å². The van der Waals surface area contributed by atoms with Crippen LogP contribution in [0.1, 0.15) is 60.1 Å². The van der Waals surface area contributed by atoms with Crippen molar-refractivity contribution in [2.45, 2.75) is 64.0 Å². The van der Waals surface area contributed by atoms with Crippen LogP contribution in [0.3, 0.4) is 0 Å². The third-order valence-electron chi connectivity index (χ3n) is 9.64. The Morgan fingerprint density at radius 3 is 2.43 bits per heavy atom. The van der Waals surface area contributed by atoms with Gasteiger partial charge < -0.3 is 29.7 Å². The van der Waals surface area contributed by atoms with Gasteiger partial charge in [0.15, 0.2) is 0 Å². The number of amides is 1. The summed E-state index contributed by atoms with van der Waals surface area (Å²) >= 11 is 7.11. The number of fused-ring (bicyclic) bond motifs is 1. The van der Waals surface area contributed by atoms with Crippen molar-refractivity contribution in [2.75, 3.05) is 34.4 Å². The zero-order chi connectivity index (χ0) is 36.3. The fraction of sp³-hybridized carbons (Fsp3) is 0.385. The van der Waals surface area contributed by atoms with Gasteiger partial charge in [0.05, 0.1) is 30.5 Å². The molecule has 1 fully saturated rings. The number of ether oxygens (including phenoxy) is 3. The molecule has 6 rings (SSSR count). The Labute approximate surface area is 301 Å². The number of carbonyl (C=O) groups is 1. The first-order valence-corrected chi connectivity index (χ1v) is 17.5. The molecule has 1 aliphatic heterocycles. The first-order valence-electron chi connectivity index (χ1n) is 17.1. The molecule has 0 bridgehead atoms. The largest absolute Gasteiger partial charge is 0.496 e. The average Bonchev–Trinajstić information content (AvgIpc) is 3.73. The summed E-state index contributed by atoms with van der Waals surface area (Å²) in [4.78, 5) is 18.2. The maximum atomic E-state index is 14.4. The Morgan fingerprint density at radius 1 is 0.961 bits per heavy atom. The highest BCUT2D eigenvalue weighted by Crippen LogP contribution is 2.47. The number of rotatable bonds is 13. The Hall–Kier alpha value is -4.32. The van der Waals surface area contributed by atoms with Gasteiger partial charge in [-0.1, -0.05) is 61.0 Å². The van der Waals surface area contributed by atoms with E-state index in [2.05, 4.69) is 10.6 Å². The average molecular weight is 723 g/mol. The van der Waals surface area contributed by atoms with E-state index in [1.165, 1.54) is 13.2 Å². The van der Waals surface area contributed by atoms with E-state index in [9.17, 15) is 18.0 Å². The van der Waals surface area contributed by atoms with Gasteiger partial charge in [-0.25, -0.2) is 4.98 Å². The normalized spacial score (nSPS) is 17.1. The minimum Gasteiger partial charge on any atom is -0.496 e. The van der Waals surface area contributed by atoms with Crippen LogP contribution in [0.15, 0.2) is 60.7 Å². The fourth-order valence-electron chi connectivity index (χ4n) is 6.87. The van der Waals surface area contributed by atoms with Crippen molar-refractivity contribution >= 4 is 17.5 Å². The van der Waals surface area contributed by atoms with Gasteiger partial charge in [0.1, 0.15) is 17.6 Å². The number of nitrogens with zero attached hydrogens (tertiary/aromatic N) is 2. The number of carbonyl (C=O) groups excluding carboxylic acids is 1. The van der Waals surface area contributed by atoms with Gasteiger partial charge in [-0.05, 0) is 61.7 Å². The van der Waals surface area contributed by atoms with E-state index in [1.807, 2.05) is 67.4 Å². The highest BCUT2D eigenvalue weighted by atomic mass is 35.5. The van der Waals surface area contributed by atoms with E-state index in [-0.39, 0.29) is 17.7 Å². The van der Waals surface area contributed by atoms with Crippen molar-refractivity contribution < 1.29 is 32.2 Å². The van der Waals surface area contributed by atoms with E-state index in [0.29, 0.717) is 73.4 Å². The number of hydrogen-bond donors (Lipinski definition) is 2. The van der Waals surface area contributed by atoms with E-state index in [0.717, 1.165) is 45.9 Å². The summed E-state index contributed by atoms with van der Waals surface area (Å²) in [5.74, 6) is 0.644. The third kappa shape index (κ3) is 7.95. The molecule has 2 heterocycles. The summed E-state index contributed by atoms with van der Waals surface area (Å²) in [6.07, 6.45) is -2.73. The summed E-state index contributed by atoms with van der Waals surface area (Å²) in [5, 5.41) is 6.84. The van der Waals surface area contributed by atoms with E-state index in [1.54, 1.807) is 7.11 Å². The van der Waals surface area contributed by atoms with Crippen LogP contribution in [-0.4, -0.2) is 56.2 Å². The Bertz CT molecular complexity index is 1900. The maximum absolute atomic E-state index is 14.4. The van der Waals surface area contributed by atoms with E-state index >= 15 is 0 Å². The second kappa shape index (κ2) is 15.5. The van der Waals surface area contributed by atoms with Gasteiger partial charge >= 0.3 is 6.18 Å². The molecule has 0 spiro atoms. The molecular weight excluding hydrogens is 681 g/mol. The van der Waals surface area contributed by atoms with Crippen molar-refractivity contribution in [2.24, 2.45) is 0 Å². The lowest BCUT2D eigenvalue weighted by atomic mass is 9.94. The minimum atomic E-state index is -4.61. The molecule has 1 aromatic heterocycles. The molecular formula is C39H42ClF3N4O4. The monoisotopic (exact) mass is 722 g/mol. The van der Waals surface area contributed by atoms with Crippen molar-refractivity contribution in [3.8, 4) is 39.8 Å². The van der Waals surface area contributed by atoms with Gasteiger partial charge in [-0.2, -0.15) is 13.2 Å². The Balaban J connectivity index is 1.26. The van der Waals surface area contributed by atoms with Crippen molar-refractivity contribution in [1.29, 1.82) is 0 Å². The zero-order valence-electron chi connectivity index (χ0n) is 29.1. The van der Waals surface area contributed by atoms with Crippen LogP contribution in [0.4, 0.5) is 13.2 Å². The molecule has 51 heavy (non-hydrogen) atoms. The lowest BCUT2D eigenvalue weighted by Gasteiger charge is -2.23. The van der Waals surface area contributed by atoms with Crippen molar-refractivity contribution in [3.05, 3.63) is 93.5 Å². The molecule has 4 aromatic rings. The summed E-state index contributed by atoms with van der Waals surface area (Å²) in [5.41, 5.74) is 5.34. The number of pyridine rings is 1. The SMILES string of the molecule is CCN(C)Cc1cc(C(F)(F)F)c(O[C@H]2CCc3c(-c4cccc(-c5ccc(CNC[C@@H]6CCC(=O)N6)c(OC)n5)c4Cl)cccc32)cc1OC. The minimum absolute atomic E-state index is 0.0792. The number of methoxy groups -OCH3 is 2. The number of hydrogen-bond acceptors (Lipinski definition) is 7. The Morgan fingerprint density at radius 2 is 1.73 bits per heavy atom. The van der Waals surface area contributed by atoms with E-state index < -0.39 is 17.8 Å². The third-order valence-corrected chi connectivity index (χ3v) is 10.0. The standard InChI is InChI=1S/C39H42ClF3N4O4/c1-5-47(2)22-24-18-31(39(41,42)43)35(19-34(24)49-3)51-33-16-14-27-26(8-6-9-28(27)33)29-10-7-11-30(37(29)40)32-15-12-23(38(46-32)50-4)20-44-21-25-13-17-36(48)45-25/h6-12,15,18-19,25,33,44H,5,13-14,16-17,20-22H2,1-4H3,(H,45,48)/t25-,33-/m0/s1. The van der Waals surface area contributed by atoms with Crippen molar-refractivity contribution in [3.63, 3.8) is 0 Å². The molecule has 3 aromatic carbocycles. The summed E-state index contributed by atoms with van der Waals surface area (Å²) in [7, 11) is 4.87. The predicted molar refractivity (Wildman–Crippen MR) is 191 cm³/mol. The summed E-state index contributed by atoms with van der Waals surface area (Å²) in [6, 6.07) is 18.0. The molecule has 1 saturated heterocycles. The first-order chi connectivity index (χ1) is 24.5. The van der Waals surface area contributed by atoms with Crippen LogP contribution >= 0.6 is 11.6 Å². The topological polar surface area (TPSA) is 85.0 Å². The molecule has 2 aliphatic rings. The summed E-state index contributed by atoms with van der Waals surface area (Å²) in [6.45, 7) is 4.10. The molecule has 8 nitrogen and oxygen atoms in total. The van der Waals surface area contributed by atoms with Crippen LogP contribution in [-0.2, 0) is 30.5 Å². The number of nitrogens with one attached hydrogen (secondary N) is 2. The van der Waals surface area contributed by atoms with Crippen LogP contribution in [0.2, 0.25) is 5.02 Å². The zero-order valence-corrected chi connectivity index (χ0v) is 29.9. The van der Waals surface area contributed by atoms with Gasteiger partial charge in [-0.15, -0.1) is 0 Å². The molecule has 0 unspecified atom stereocenters. The van der Waals surface area contributed by atoms with Gasteiger partial charge in [-0.3, -0.25) is 4.79 Å². The second-order valence-corrected chi connectivity index (χ2v) is 13.4. The summed E-state index contributed by atoms with van der Waals surface area (Å²) < 4.78 is 60.5. The van der Waals surface area contributed by atoms with Gasteiger partial charge in [0.2, 0.25) is 11.8 Å². The Kier molecular flexibility index (Phi) is 11.1. The molecule has 270 valence electrons. The molecule has 1 aliphatic carbocycles. The fourth-order valence-corrected chi connectivity index (χ4v) is 7.19. The van der Waals surface area contributed by atoms with Crippen LogP contribution in [0, 0.1) is 0 Å². The molecule has 2 atom stereocenters. The molecule has 0 radical (unpaired) electrons. The first kappa shape index (κ1) is 36.5. The quantitative estimate of drug-likeness (QED) is 0.145. The smallest absolute Gasteiger partial charge is 0.419 e. The maximum Gasteiger partial charge on any atom is 0.419 e. The molecule has 2 N–H and O–H groups in total. The van der Waals surface area contributed by atoms with Gasteiger partial charge in [0.25, 0.3) is 0 Å². The highest BCUT2D eigenvalue weighted by molar-refractivity contribution is 6.36. The second-order valence-electron chi connectivity index (χ2n) is 13.0. The number of aromatic nitrogens is 1.